The predicted molar refractivity (Wildman–Crippen MR) is 70.5 cm³/mol. The van der Waals surface area contributed by atoms with E-state index < -0.39 is 37.2 Å². The van der Waals surface area contributed by atoms with E-state index in [1.54, 1.807) is 30.3 Å². The van der Waals surface area contributed by atoms with Gasteiger partial charge < -0.3 is 26.0 Å². The molecule has 0 heterocycles. The van der Waals surface area contributed by atoms with Crippen LogP contribution in [0.4, 0.5) is 0 Å². The second-order valence-corrected chi connectivity index (χ2v) is 4.15. The van der Waals surface area contributed by atoms with E-state index in [9.17, 15) is 14.7 Å². The number of benzene rings is 1. The van der Waals surface area contributed by atoms with Gasteiger partial charge in [0.15, 0.2) is 0 Å². The van der Waals surface area contributed by atoms with Gasteiger partial charge in [-0.15, -0.1) is 0 Å². The number of aliphatic hydroxyl groups is 3. The van der Waals surface area contributed by atoms with Crippen molar-refractivity contribution in [1.82, 2.24) is 10.6 Å². The normalized spacial score (nSPS) is 13.3. The highest BCUT2D eigenvalue weighted by Crippen LogP contribution is 2.12. The maximum Gasteiger partial charge on any atom is 0.247 e. The van der Waals surface area contributed by atoms with E-state index in [2.05, 4.69) is 10.6 Å². The fraction of sp³-hybridized carbons (Fsp3) is 0.385. The summed E-state index contributed by atoms with van der Waals surface area (Å²) in [5, 5.41) is 31.4. The highest BCUT2D eigenvalue weighted by molar-refractivity contribution is 5.88. The van der Waals surface area contributed by atoms with Crippen LogP contribution in [0.15, 0.2) is 30.3 Å². The molecule has 1 unspecified atom stereocenters. The van der Waals surface area contributed by atoms with Crippen molar-refractivity contribution in [2.24, 2.45) is 0 Å². The molecular formula is C13H18N2O5. The first-order valence-corrected chi connectivity index (χ1v) is 6.10. The van der Waals surface area contributed by atoms with Crippen LogP contribution in [-0.4, -0.2) is 53.0 Å². The fourth-order valence-electron chi connectivity index (χ4n) is 1.54. The molecule has 7 heteroatoms. The van der Waals surface area contributed by atoms with Gasteiger partial charge in [0.05, 0.1) is 12.7 Å². The summed E-state index contributed by atoms with van der Waals surface area (Å²) in [6.07, 6.45) is -1.07. The zero-order valence-electron chi connectivity index (χ0n) is 10.8. The van der Waals surface area contributed by atoms with E-state index in [0.29, 0.717) is 5.56 Å². The number of nitrogens with one attached hydrogen (secondary N) is 2. The SMILES string of the molecule is O=C(CO)N[C@@H](C(=O)NCC(O)CO)c1ccccc1. The van der Waals surface area contributed by atoms with Crippen LogP contribution in [0, 0.1) is 0 Å². The lowest BCUT2D eigenvalue weighted by molar-refractivity contribution is -0.130. The van der Waals surface area contributed by atoms with Gasteiger partial charge in [0.25, 0.3) is 0 Å². The summed E-state index contributed by atoms with van der Waals surface area (Å²) in [5.74, 6) is -1.22. The molecule has 0 saturated heterocycles. The summed E-state index contributed by atoms with van der Waals surface area (Å²) in [4.78, 5) is 23.3. The standard InChI is InChI=1S/C13H18N2O5/c16-7-10(18)6-14-13(20)12(15-11(19)8-17)9-4-2-1-3-5-9/h1-5,10,12,16-18H,6-8H2,(H,14,20)(H,15,19)/t10?,12-/m1/s1. The molecule has 0 aliphatic rings. The number of aliphatic hydroxyl groups excluding tert-OH is 3. The third-order valence-electron chi connectivity index (χ3n) is 2.57. The number of carbonyl (C=O) groups is 2. The average molecular weight is 282 g/mol. The number of amides is 2. The summed E-state index contributed by atoms with van der Waals surface area (Å²) in [7, 11) is 0. The molecule has 1 rings (SSSR count). The van der Waals surface area contributed by atoms with Crippen molar-refractivity contribution in [3.8, 4) is 0 Å². The van der Waals surface area contributed by atoms with E-state index in [0.717, 1.165) is 0 Å². The molecule has 5 N–H and O–H groups in total. The summed E-state index contributed by atoms with van der Waals surface area (Å²) in [6, 6.07) is 7.53. The zero-order valence-corrected chi connectivity index (χ0v) is 10.8. The zero-order chi connectivity index (χ0) is 15.0. The quantitative estimate of drug-likeness (QED) is 0.409. The Morgan fingerprint density at radius 1 is 1.15 bits per heavy atom. The van der Waals surface area contributed by atoms with E-state index >= 15 is 0 Å². The van der Waals surface area contributed by atoms with Gasteiger partial charge in [-0.05, 0) is 5.56 Å². The summed E-state index contributed by atoms with van der Waals surface area (Å²) < 4.78 is 0. The van der Waals surface area contributed by atoms with Crippen molar-refractivity contribution >= 4 is 11.8 Å². The molecule has 0 aliphatic carbocycles. The Kier molecular flexibility index (Phi) is 6.65. The van der Waals surface area contributed by atoms with Crippen molar-refractivity contribution in [1.29, 1.82) is 0 Å². The molecule has 20 heavy (non-hydrogen) atoms. The monoisotopic (exact) mass is 282 g/mol. The Labute approximate surface area is 116 Å². The van der Waals surface area contributed by atoms with Gasteiger partial charge in [-0.1, -0.05) is 30.3 Å². The molecule has 110 valence electrons. The van der Waals surface area contributed by atoms with Crippen LogP contribution in [0.25, 0.3) is 0 Å². The molecule has 0 saturated carbocycles. The van der Waals surface area contributed by atoms with E-state index in [-0.39, 0.29) is 6.54 Å². The van der Waals surface area contributed by atoms with Crippen LogP contribution >= 0.6 is 0 Å². The smallest absolute Gasteiger partial charge is 0.247 e. The highest BCUT2D eigenvalue weighted by Gasteiger charge is 2.22. The Hall–Kier alpha value is -1.96. The van der Waals surface area contributed by atoms with Gasteiger partial charge in [0, 0.05) is 6.54 Å². The second kappa shape index (κ2) is 8.26. The van der Waals surface area contributed by atoms with Crippen molar-refractivity contribution in [2.75, 3.05) is 19.8 Å². The van der Waals surface area contributed by atoms with Crippen molar-refractivity contribution in [3.05, 3.63) is 35.9 Å². The minimum Gasteiger partial charge on any atom is -0.394 e. The van der Waals surface area contributed by atoms with Gasteiger partial charge in [-0.2, -0.15) is 0 Å². The topological polar surface area (TPSA) is 119 Å². The van der Waals surface area contributed by atoms with Crippen LogP contribution in [0.5, 0.6) is 0 Å². The number of hydrogen-bond donors (Lipinski definition) is 5. The molecular weight excluding hydrogens is 264 g/mol. The molecule has 0 aromatic heterocycles. The lowest BCUT2D eigenvalue weighted by atomic mass is 10.1. The molecule has 1 aromatic rings. The molecule has 0 spiro atoms. The number of carbonyl (C=O) groups excluding carboxylic acids is 2. The summed E-state index contributed by atoms with van der Waals surface area (Å²) in [5.41, 5.74) is 0.547. The minimum atomic E-state index is -1.07. The lowest BCUT2D eigenvalue weighted by Gasteiger charge is -2.19. The number of hydrogen-bond acceptors (Lipinski definition) is 5. The maximum atomic E-state index is 12.0. The van der Waals surface area contributed by atoms with Crippen molar-refractivity contribution in [3.63, 3.8) is 0 Å². The lowest BCUT2D eigenvalue weighted by Crippen LogP contribution is -2.44. The largest absolute Gasteiger partial charge is 0.394 e. The van der Waals surface area contributed by atoms with Crippen molar-refractivity contribution < 1.29 is 24.9 Å². The fourth-order valence-corrected chi connectivity index (χ4v) is 1.54. The van der Waals surface area contributed by atoms with Gasteiger partial charge in [-0.25, -0.2) is 0 Å². The van der Waals surface area contributed by atoms with E-state index in [4.69, 9.17) is 10.2 Å². The molecule has 1 aromatic carbocycles. The van der Waals surface area contributed by atoms with Gasteiger partial charge in [0.1, 0.15) is 12.6 Å². The van der Waals surface area contributed by atoms with Crippen LogP contribution < -0.4 is 10.6 Å². The van der Waals surface area contributed by atoms with Crippen LogP contribution in [0.1, 0.15) is 11.6 Å². The molecule has 2 amide bonds. The Balaban J connectivity index is 2.77. The third-order valence-corrected chi connectivity index (χ3v) is 2.57. The highest BCUT2D eigenvalue weighted by atomic mass is 16.3. The first-order valence-electron chi connectivity index (χ1n) is 6.10. The summed E-state index contributed by atoms with van der Waals surface area (Å²) >= 11 is 0. The molecule has 0 aliphatic heterocycles. The predicted octanol–water partition coefficient (Wildman–Crippen LogP) is -1.69. The van der Waals surface area contributed by atoms with Crippen LogP contribution in [0.2, 0.25) is 0 Å². The van der Waals surface area contributed by atoms with Gasteiger partial charge in [0.2, 0.25) is 11.8 Å². The molecule has 0 bridgehead atoms. The van der Waals surface area contributed by atoms with Crippen LogP contribution in [0.3, 0.4) is 0 Å². The van der Waals surface area contributed by atoms with Crippen molar-refractivity contribution in [2.45, 2.75) is 12.1 Å². The minimum absolute atomic E-state index is 0.131. The van der Waals surface area contributed by atoms with Gasteiger partial charge >= 0.3 is 0 Å². The first-order chi connectivity index (χ1) is 9.58. The molecule has 0 fully saturated rings. The van der Waals surface area contributed by atoms with E-state index in [1.807, 2.05) is 0 Å². The Morgan fingerprint density at radius 2 is 1.80 bits per heavy atom. The van der Waals surface area contributed by atoms with E-state index in [1.165, 1.54) is 0 Å². The molecule has 0 radical (unpaired) electrons. The maximum absolute atomic E-state index is 12.0. The summed E-state index contributed by atoms with van der Waals surface area (Å²) in [6.45, 7) is -1.33. The molecule has 2 atom stereocenters. The number of rotatable bonds is 7. The molecule has 7 nitrogen and oxygen atoms in total. The first kappa shape index (κ1) is 16.1. The van der Waals surface area contributed by atoms with Crippen LogP contribution in [-0.2, 0) is 9.59 Å². The third kappa shape index (κ3) is 4.96. The van der Waals surface area contributed by atoms with Gasteiger partial charge in [-0.3, -0.25) is 9.59 Å². The second-order valence-electron chi connectivity index (χ2n) is 4.15. The Bertz CT molecular complexity index is 438. The Morgan fingerprint density at radius 3 is 2.35 bits per heavy atom. The average Bonchev–Trinajstić information content (AvgIpc) is 2.50.